The quantitative estimate of drug-likeness (QED) is 0.782. The zero-order chi connectivity index (χ0) is 10.6. The van der Waals surface area contributed by atoms with E-state index in [-0.39, 0.29) is 0 Å². The number of rotatable bonds is 5. The first-order chi connectivity index (χ1) is 6.63. The summed E-state index contributed by atoms with van der Waals surface area (Å²) in [5.74, 6) is 0.754. The molecule has 0 spiro atoms. The molecule has 0 atom stereocenters. The molecule has 3 nitrogen and oxygen atoms in total. The van der Waals surface area contributed by atoms with E-state index in [1.54, 1.807) is 0 Å². The Morgan fingerprint density at radius 1 is 1.50 bits per heavy atom. The van der Waals surface area contributed by atoms with Gasteiger partial charge in [0.1, 0.15) is 0 Å². The van der Waals surface area contributed by atoms with E-state index in [4.69, 9.17) is 0 Å². The Labute approximate surface area is 86.5 Å². The molecule has 0 aliphatic carbocycles. The minimum absolute atomic E-state index is 0.754. The van der Waals surface area contributed by atoms with Crippen LogP contribution in [0.3, 0.4) is 0 Å². The lowest BCUT2D eigenvalue weighted by molar-refractivity contribution is 0.607. The maximum absolute atomic E-state index is 4.38. The van der Waals surface area contributed by atoms with Crippen molar-refractivity contribution >= 4 is 5.69 Å². The summed E-state index contributed by atoms with van der Waals surface area (Å²) >= 11 is 0. The van der Waals surface area contributed by atoms with Gasteiger partial charge < -0.3 is 5.32 Å². The fraction of sp³-hybridized carbons (Fsp3) is 0.727. The average Bonchev–Trinajstić information content (AvgIpc) is 2.47. The zero-order valence-corrected chi connectivity index (χ0v) is 9.67. The minimum Gasteiger partial charge on any atom is -0.382 e. The molecular weight excluding hydrogens is 174 g/mol. The van der Waals surface area contributed by atoms with E-state index in [1.165, 1.54) is 12.1 Å². The first-order valence-electron chi connectivity index (χ1n) is 5.41. The Morgan fingerprint density at radius 2 is 2.21 bits per heavy atom. The SMILES string of the molecule is CCn1cc(NCCC(C)C)c(C)n1. The highest BCUT2D eigenvalue weighted by atomic mass is 15.3. The molecule has 1 heterocycles. The second kappa shape index (κ2) is 5.03. The molecule has 1 N–H and O–H groups in total. The molecule has 0 aromatic carbocycles. The zero-order valence-electron chi connectivity index (χ0n) is 9.67. The summed E-state index contributed by atoms with van der Waals surface area (Å²) in [6.07, 6.45) is 3.28. The van der Waals surface area contributed by atoms with Gasteiger partial charge in [0.05, 0.1) is 11.4 Å². The molecule has 1 aromatic rings. The van der Waals surface area contributed by atoms with Gasteiger partial charge in [-0.1, -0.05) is 13.8 Å². The third-order valence-corrected chi connectivity index (χ3v) is 2.31. The van der Waals surface area contributed by atoms with Crippen molar-refractivity contribution in [1.29, 1.82) is 0 Å². The number of anilines is 1. The van der Waals surface area contributed by atoms with Crippen LogP contribution in [0.25, 0.3) is 0 Å². The molecule has 80 valence electrons. The largest absolute Gasteiger partial charge is 0.382 e. The Bertz CT molecular complexity index is 276. The van der Waals surface area contributed by atoms with E-state index in [0.717, 1.165) is 24.7 Å². The molecular formula is C11H21N3. The summed E-state index contributed by atoms with van der Waals surface area (Å²) in [4.78, 5) is 0. The highest BCUT2D eigenvalue weighted by molar-refractivity contribution is 5.45. The van der Waals surface area contributed by atoms with Crippen LogP contribution in [-0.2, 0) is 6.54 Å². The van der Waals surface area contributed by atoms with Crippen molar-refractivity contribution in [1.82, 2.24) is 9.78 Å². The van der Waals surface area contributed by atoms with Gasteiger partial charge in [-0.25, -0.2) is 0 Å². The summed E-state index contributed by atoms with van der Waals surface area (Å²) in [5, 5.41) is 7.80. The third kappa shape index (κ3) is 3.05. The van der Waals surface area contributed by atoms with Crippen molar-refractivity contribution < 1.29 is 0 Å². The third-order valence-electron chi connectivity index (χ3n) is 2.31. The Balaban J connectivity index is 2.45. The summed E-state index contributed by atoms with van der Waals surface area (Å²) < 4.78 is 1.97. The lowest BCUT2D eigenvalue weighted by Crippen LogP contribution is -2.04. The summed E-state index contributed by atoms with van der Waals surface area (Å²) in [6, 6.07) is 0. The van der Waals surface area contributed by atoms with Crippen LogP contribution in [0.2, 0.25) is 0 Å². The molecule has 0 fully saturated rings. The van der Waals surface area contributed by atoms with Gasteiger partial charge in [0.15, 0.2) is 0 Å². The smallest absolute Gasteiger partial charge is 0.0825 e. The maximum atomic E-state index is 4.38. The standard InChI is InChI=1S/C11H21N3/c1-5-14-8-11(10(4)13-14)12-7-6-9(2)3/h8-9,12H,5-7H2,1-4H3. The molecule has 0 unspecified atom stereocenters. The van der Waals surface area contributed by atoms with Gasteiger partial charge in [0.2, 0.25) is 0 Å². The van der Waals surface area contributed by atoms with E-state index in [2.05, 4.69) is 37.4 Å². The van der Waals surface area contributed by atoms with Crippen molar-refractivity contribution in [3.05, 3.63) is 11.9 Å². The molecule has 1 rings (SSSR count). The summed E-state index contributed by atoms with van der Waals surface area (Å²) in [5.41, 5.74) is 2.27. The van der Waals surface area contributed by atoms with Crippen LogP contribution in [0, 0.1) is 12.8 Å². The fourth-order valence-electron chi connectivity index (χ4n) is 1.35. The van der Waals surface area contributed by atoms with Crippen molar-refractivity contribution in [2.45, 2.75) is 40.7 Å². The second-order valence-corrected chi connectivity index (χ2v) is 4.09. The molecule has 0 aliphatic heterocycles. The highest BCUT2D eigenvalue weighted by Crippen LogP contribution is 2.12. The molecule has 0 amide bonds. The monoisotopic (exact) mass is 195 g/mol. The lowest BCUT2D eigenvalue weighted by Gasteiger charge is -2.06. The normalized spacial score (nSPS) is 10.9. The van der Waals surface area contributed by atoms with E-state index < -0.39 is 0 Å². The molecule has 0 bridgehead atoms. The Morgan fingerprint density at radius 3 is 2.71 bits per heavy atom. The number of aryl methyl sites for hydroxylation is 2. The second-order valence-electron chi connectivity index (χ2n) is 4.09. The maximum Gasteiger partial charge on any atom is 0.0825 e. The number of nitrogens with zero attached hydrogens (tertiary/aromatic N) is 2. The molecule has 3 heteroatoms. The van der Waals surface area contributed by atoms with E-state index in [9.17, 15) is 0 Å². The Hall–Kier alpha value is -0.990. The topological polar surface area (TPSA) is 29.9 Å². The van der Waals surface area contributed by atoms with Gasteiger partial charge in [0, 0.05) is 19.3 Å². The molecule has 0 radical (unpaired) electrons. The van der Waals surface area contributed by atoms with Crippen LogP contribution < -0.4 is 5.32 Å². The predicted molar refractivity (Wildman–Crippen MR) is 60.6 cm³/mol. The highest BCUT2D eigenvalue weighted by Gasteiger charge is 2.02. The van der Waals surface area contributed by atoms with Gasteiger partial charge >= 0.3 is 0 Å². The van der Waals surface area contributed by atoms with Gasteiger partial charge in [-0.3, -0.25) is 4.68 Å². The number of hydrogen-bond donors (Lipinski definition) is 1. The van der Waals surface area contributed by atoms with Crippen molar-refractivity contribution in [3.63, 3.8) is 0 Å². The number of hydrogen-bond acceptors (Lipinski definition) is 2. The van der Waals surface area contributed by atoms with Crippen LogP contribution in [-0.4, -0.2) is 16.3 Å². The predicted octanol–water partition coefficient (Wildman–Crippen LogP) is 2.67. The Kier molecular flexibility index (Phi) is 3.98. The van der Waals surface area contributed by atoms with E-state index in [0.29, 0.717) is 0 Å². The van der Waals surface area contributed by atoms with Crippen molar-refractivity contribution in [2.75, 3.05) is 11.9 Å². The average molecular weight is 195 g/mol. The first kappa shape index (κ1) is 11.1. The molecule has 14 heavy (non-hydrogen) atoms. The number of aromatic nitrogens is 2. The van der Waals surface area contributed by atoms with E-state index in [1.807, 2.05) is 11.6 Å². The van der Waals surface area contributed by atoms with Crippen LogP contribution in [0.4, 0.5) is 5.69 Å². The van der Waals surface area contributed by atoms with Crippen molar-refractivity contribution in [2.24, 2.45) is 5.92 Å². The van der Waals surface area contributed by atoms with Crippen LogP contribution in [0.1, 0.15) is 32.9 Å². The summed E-state index contributed by atoms with van der Waals surface area (Å²) in [7, 11) is 0. The van der Waals surface area contributed by atoms with Crippen LogP contribution >= 0.6 is 0 Å². The molecule has 1 aromatic heterocycles. The fourth-order valence-corrected chi connectivity index (χ4v) is 1.35. The molecule has 0 saturated heterocycles. The molecule has 0 aliphatic rings. The minimum atomic E-state index is 0.754. The summed E-state index contributed by atoms with van der Waals surface area (Å²) in [6.45, 7) is 10.6. The van der Waals surface area contributed by atoms with E-state index >= 15 is 0 Å². The van der Waals surface area contributed by atoms with Gasteiger partial charge in [-0.15, -0.1) is 0 Å². The van der Waals surface area contributed by atoms with Crippen LogP contribution in [0.15, 0.2) is 6.20 Å². The van der Waals surface area contributed by atoms with Gasteiger partial charge in [0.25, 0.3) is 0 Å². The van der Waals surface area contributed by atoms with Crippen LogP contribution in [0.5, 0.6) is 0 Å². The van der Waals surface area contributed by atoms with Gasteiger partial charge in [-0.2, -0.15) is 5.10 Å². The van der Waals surface area contributed by atoms with Gasteiger partial charge in [-0.05, 0) is 26.2 Å². The van der Waals surface area contributed by atoms with Crippen molar-refractivity contribution in [3.8, 4) is 0 Å². The number of nitrogens with one attached hydrogen (secondary N) is 1. The lowest BCUT2D eigenvalue weighted by atomic mass is 10.1. The molecule has 0 saturated carbocycles. The first-order valence-corrected chi connectivity index (χ1v) is 5.41.